The van der Waals surface area contributed by atoms with Crippen LogP contribution in [0.3, 0.4) is 0 Å². The minimum Gasteiger partial charge on any atom is -0.298 e. The molecule has 0 saturated heterocycles. The summed E-state index contributed by atoms with van der Waals surface area (Å²) in [7, 11) is 0. The molecule has 0 N–H and O–H groups in total. The van der Waals surface area contributed by atoms with Gasteiger partial charge in [-0.05, 0) is 59.8 Å². The van der Waals surface area contributed by atoms with E-state index in [0.29, 0.717) is 10.8 Å². The van der Waals surface area contributed by atoms with Gasteiger partial charge >= 0.3 is 0 Å². The van der Waals surface area contributed by atoms with Crippen LogP contribution in [0.1, 0.15) is 46.5 Å². The summed E-state index contributed by atoms with van der Waals surface area (Å²) in [6.07, 6.45) is 8.45. The topological polar surface area (TPSA) is 17.1 Å². The minimum atomic E-state index is 0.378. The van der Waals surface area contributed by atoms with Gasteiger partial charge in [-0.1, -0.05) is 26.8 Å². The lowest BCUT2D eigenvalue weighted by atomic mass is 9.65. The van der Waals surface area contributed by atoms with Crippen LogP contribution in [-0.4, -0.2) is 6.29 Å². The van der Waals surface area contributed by atoms with Gasteiger partial charge in [0.05, 0.1) is 0 Å². The molecule has 1 heteroatoms. The predicted octanol–water partition coefficient (Wildman–Crippen LogP) is 3.59. The zero-order valence-corrected chi connectivity index (χ0v) is 10.6. The molecule has 0 bridgehead atoms. The molecular weight excluding hydrogens is 196 g/mol. The fourth-order valence-corrected chi connectivity index (χ4v) is 4.93. The number of aldehydes is 1. The van der Waals surface area contributed by atoms with Gasteiger partial charge < -0.3 is 0 Å². The highest BCUT2D eigenvalue weighted by atomic mass is 16.1. The van der Waals surface area contributed by atoms with Crippen molar-refractivity contribution in [1.82, 2.24) is 0 Å². The Bertz CT molecular complexity index is 366. The monoisotopic (exact) mass is 218 g/mol. The average molecular weight is 218 g/mol. The molecule has 4 atom stereocenters. The molecular formula is C15H22O. The first-order valence-electron chi connectivity index (χ1n) is 6.69. The Morgan fingerprint density at radius 3 is 2.75 bits per heavy atom. The van der Waals surface area contributed by atoms with Crippen LogP contribution in [0.15, 0.2) is 11.6 Å². The van der Waals surface area contributed by atoms with E-state index >= 15 is 0 Å². The second-order valence-corrected chi connectivity index (χ2v) is 6.83. The van der Waals surface area contributed by atoms with Crippen molar-refractivity contribution in [3.8, 4) is 0 Å². The Balaban J connectivity index is 1.99. The summed E-state index contributed by atoms with van der Waals surface area (Å²) in [4.78, 5) is 11.0. The van der Waals surface area contributed by atoms with E-state index in [2.05, 4.69) is 26.8 Å². The molecule has 4 unspecified atom stereocenters. The van der Waals surface area contributed by atoms with Crippen LogP contribution in [0.4, 0.5) is 0 Å². The molecule has 0 amide bonds. The van der Waals surface area contributed by atoms with Gasteiger partial charge in [0.15, 0.2) is 0 Å². The first-order chi connectivity index (χ1) is 7.52. The zero-order chi connectivity index (χ0) is 11.6. The van der Waals surface area contributed by atoms with Crippen molar-refractivity contribution >= 4 is 6.29 Å². The van der Waals surface area contributed by atoms with Gasteiger partial charge in [0.25, 0.3) is 0 Å². The van der Waals surface area contributed by atoms with Crippen molar-refractivity contribution in [2.75, 3.05) is 0 Å². The number of allylic oxidation sites excluding steroid dienone is 2. The Labute approximate surface area is 98.3 Å². The van der Waals surface area contributed by atoms with E-state index in [0.717, 1.165) is 36.0 Å². The molecule has 3 rings (SSSR count). The third kappa shape index (κ3) is 1.10. The molecule has 2 saturated carbocycles. The molecule has 2 fully saturated rings. The number of carbonyl (C=O) groups excluding carboxylic acids is 1. The van der Waals surface area contributed by atoms with Crippen molar-refractivity contribution in [3.63, 3.8) is 0 Å². The first kappa shape index (κ1) is 10.6. The van der Waals surface area contributed by atoms with Crippen LogP contribution in [0.25, 0.3) is 0 Å². The van der Waals surface area contributed by atoms with Crippen molar-refractivity contribution in [1.29, 1.82) is 0 Å². The summed E-state index contributed by atoms with van der Waals surface area (Å²) in [5, 5.41) is 0. The predicted molar refractivity (Wildman–Crippen MR) is 65.0 cm³/mol. The van der Waals surface area contributed by atoms with Gasteiger partial charge in [-0.2, -0.15) is 0 Å². The maximum absolute atomic E-state index is 11.0. The van der Waals surface area contributed by atoms with Gasteiger partial charge in [-0.15, -0.1) is 0 Å². The number of carbonyl (C=O) groups is 1. The van der Waals surface area contributed by atoms with E-state index in [-0.39, 0.29) is 0 Å². The highest BCUT2D eigenvalue weighted by Gasteiger charge is 2.68. The second-order valence-electron chi connectivity index (χ2n) is 6.83. The standard InChI is InChI=1S/C15H22O/c1-10-4-5-12-13(14(12,2)3)15(10)7-6-11(8-15)9-16/h8-10,12-13H,4-7H2,1-3H3. The van der Waals surface area contributed by atoms with Crippen molar-refractivity contribution in [2.24, 2.45) is 28.6 Å². The average Bonchev–Trinajstić information content (AvgIpc) is 2.64. The fourth-order valence-electron chi connectivity index (χ4n) is 4.93. The molecule has 0 aromatic rings. The number of rotatable bonds is 1. The lowest BCUT2D eigenvalue weighted by Crippen LogP contribution is -2.31. The van der Waals surface area contributed by atoms with Gasteiger partial charge in [-0.3, -0.25) is 4.79 Å². The van der Waals surface area contributed by atoms with E-state index in [1.807, 2.05) is 0 Å². The number of hydrogen-bond acceptors (Lipinski definition) is 1. The fraction of sp³-hybridized carbons (Fsp3) is 0.800. The SMILES string of the molecule is CC1CCC2C(C2(C)C)C12C=C(C=O)CC2. The smallest absolute Gasteiger partial charge is 0.145 e. The summed E-state index contributed by atoms with van der Waals surface area (Å²) >= 11 is 0. The van der Waals surface area contributed by atoms with Crippen LogP contribution < -0.4 is 0 Å². The number of fused-ring (bicyclic) bond motifs is 2. The third-order valence-corrected chi connectivity index (χ3v) is 5.91. The molecule has 0 heterocycles. The third-order valence-electron chi connectivity index (χ3n) is 5.91. The molecule has 0 radical (unpaired) electrons. The van der Waals surface area contributed by atoms with E-state index in [1.165, 1.54) is 19.3 Å². The largest absolute Gasteiger partial charge is 0.298 e. The van der Waals surface area contributed by atoms with Gasteiger partial charge in [0, 0.05) is 0 Å². The maximum atomic E-state index is 11.0. The zero-order valence-electron chi connectivity index (χ0n) is 10.6. The van der Waals surface area contributed by atoms with Crippen LogP contribution in [0.2, 0.25) is 0 Å². The quantitative estimate of drug-likeness (QED) is 0.615. The van der Waals surface area contributed by atoms with Crippen molar-refractivity contribution in [2.45, 2.75) is 46.5 Å². The second kappa shape index (κ2) is 3.00. The minimum absolute atomic E-state index is 0.378. The first-order valence-corrected chi connectivity index (χ1v) is 6.69. The molecule has 0 aromatic carbocycles. The van der Waals surface area contributed by atoms with Crippen molar-refractivity contribution in [3.05, 3.63) is 11.6 Å². The van der Waals surface area contributed by atoms with E-state index in [1.54, 1.807) is 0 Å². The Kier molecular flexibility index (Phi) is 1.98. The summed E-state index contributed by atoms with van der Waals surface area (Å²) in [5.41, 5.74) is 1.97. The Hall–Kier alpha value is -0.590. The molecule has 3 aliphatic carbocycles. The summed E-state index contributed by atoms with van der Waals surface area (Å²) in [6, 6.07) is 0. The summed E-state index contributed by atoms with van der Waals surface area (Å²) in [6.45, 7) is 7.25. The van der Waals surface area contributed by atoms with E-state index in [4.69, 9.17) is 0 Å². The van der Waals surface area contributed by atoms with Crippen LogP contribution in [0.5, 0.6) is 0 Å². The highest BCUT2D eigenvalue weighted by molar-refractivity contribution is 5.74. The van der Waals surface area contributed by atoms with E-state index < -0.39 is 0 Å². The van der Waals surface area contributed by atoms with E-state index in [9.17, 15) is 4.79 Å². The van der Waals surface area contributed by atoms with Gasteiger partial charge in [0.1, 0.15) is 6.29 Å². The van der Waals surface area contributed by atoms with Crippen LogP contribution in [0, 0.1) is 28.6 Å². The lowest BCUT2D eigenvalue weighted by molar-refractivity contribution is -0.105. The molecule has 1 spiro atoms. The highest BCUT2D eigenvalue weighted by Crippen LogP contribution is 2.75. The lowest BCUT2D eigenvalue weighted by Gasteiger charge is -2.39. The normalized spacial score (nSPS) is 48.7. The molecule has 88 valence electrons. The van der Waals surface area contributed by atoms with Crippen LogP contribution >= 0.6 is 0 Å². The van der Waals surface area contributed by atoms with Gasteiger partial charge in [0.2, 0.25) is 0 Å². The molecule has 16 heavy (non-hydrogen) atoms. The van der Waals surface area contributed by atoms with Crippen LogP contribution in [-0.2, 0) is 4.79 Å². The Morgan fingerprint density at radius 2 is 2.12 bits per heavy atom. The molecule has 0 aromatic heterocycles. The number of hydrogen-bond donors (Lipinski definition) is 0. The molecule has 0 aliphatic heterocycles. The summed E-state index contributed by atoms with van der Waals surface area (Å²) < 4.78 is 0. The Morgan fingerprint density at radius 1 is 1.38 bits per heavy atom. The summed E-state index contributed by atoms with van der Waals surface area (Å²) in [5.74, 6) is 2.54. The molecule has 3 aliphatic rings. The van der Waals surface area contributed by atoms with Gasteiger partial charge in [-0.25, -0.2) is 0 Å². The maximum Gasteiger partial charge on any atom is 0.145 e. The molecule has 1 nitrogen and oxygen atoms in total. The van der Waals surface area contributed by atoms with Crippen molar-refractivity contribution < 1.29 is 4.79 Å².